The average molecular weight is 533 g/mol. The molecule has 0 radical (unpaired) electrons. The van der Waals surface area contributed by atoms with Crippen molar-refractivity contribution in [2.75, 3.05) is 0 Å². The Balaban J connectivity index is 1.49. The van der Waals surface area contributed by atoms with Crippen molar-refractivity contribution in [1.82, 2.24) is 28.9 Å². The number of aryl methyl sites for hydroxylation is 1. The summed E-state index contributed by atoms with van der Waals surface area (Å²) in [4.78, 5) is 4.85. The molecule has 184 valence electrons. The zero-order chi connectivity index (χ0) is 24.6. The smallest absolute Gasteiger partial charge is 0.240 e. The van der Waals surface area contributed by atoms with Crippen molar-refractivity contribution in [2.45, 2.75) is 61.9 Å². The highest BCUT2D eigenvalue weighted by atomic mass is 35.5. The first-order chi connectivity index (χ1) is 16.9. The highest BCUT2D eigenvalue weighted by Gasteiger charge is 2.28. The van der Waals surface area contributed by atoms with Gasteiger partial charge < -0.3 is 8.97 Å². The van der Waals surface area contributed by atoms with Gasteiger partial charge in [0.15, 0.2) is 0 Å². The lowest BCUT2D eigenvalue weighted by molar-refractivity contribution is 0.305. The summed E-state index contributed by atoms with van der Waals surface area (Å²) >= 11 is 12.4. The maximum atomic E-state index is 13.5. The van der Waals surface area contributed by atoms with Gasteiger partial charge in [-0.1, -0.05) is 24.6 Å². The standard InChI is InChI=1S/C24H26Cl2N6O2S/c1-2-16-6-17(23-9-18(26)12-31-13-20(11-25)29-24(23)31)8-22(7-16)35(33,34)30-19-4-3-5-21(10-19)32-14-27-28-15-32/h6-9,12-15,19,21,30H,2-5,10-11H2,1H3/t19-,21+/m0/s1. The molecule has 3 aromatic heterocycles. The molecule has 4 aromatic rings. The minimum absolute atomic E-state index is 0.161. The van der Waals surface area contributed by atoms with Crippen LogP contribution < -0.4 is 4.72 Å². The Morgan fingerprint density at radius 2 is 1.91 bits per heavy atom. The number of hydrogen-bond acceptors (Lipinski definition) is 5. The van der Waals surface area contributed by atoms with Crippen LogP contribution in [0.1, 0.15) is 49.9 Å². The Morgan fingerprint density at radius 3 is 2.66 bits per heavy atom. The van der Waals surface area contributed by atoms with Gasteiger partial charge in [-0.25, -0.2) is 18.1 Å². The van der Waals surface area contributed by atoms with Gasteiger partial charge in [-0.3, -0.25) is 0 Å². The number of hydrogen-bond donors (Lipinski definition) is 1. The first kappa shape index (κ1) is 24.2. The topological polar surface area (TPSA) is 94.2 Å². The number of pyridine rings is 1. The molecule has 0 amide bonds. The van der Waals surface area contributed by atoms with E-state index in [1.807, 2.05) is 34.2 Å². The summed E-state index contributed by atoms with van der Waals surface area (Å²) in [5.41, 5.74) is 3.81. The van der Waals surface area contributed by atoms with Gasteiger partial charge in [0, 0.05) is 30.0 Å². The maximum absolute atomic E-state index is 13.5. The molecule has 0 spiro atoms. The van der Waals surface area contributed by atoms with Gasteiger partial charge in [0.2, 0.25) is 10.0 Å². The average Bonchev–Trinajstić information content (AvgIpc) is 3.53. The lowest BCUT2D eigenvalue weighted by Crippen LogP contribution is -2.38. The molecule has 11 heteroatoms. The van der Waals surface area contributed by atoms with Crippen LogP contribution in [0.3, 0.4) is 0 Å². The monoisotopic (exact) mass is 532 g/mol. The lowest BCUT2D eigenvalue weighted by Gasteiger charge is -2.30. The SMILES string of the molecule is CCc1cc(-c2cc(Cl)cn3cc(CCl)nc23)cc(S(=O)(=O)N[C@H]2CCC[C@@H](n3cnnc3)C2)c1. The summed E-state index contributed by atoms with van der Waals surface area (Å²) in [5, 5.41) is 8.30. The molecule has 1 aromatic carbocycles. The predicted octanol–water partition coefficient (Wildman–Crippen LogP) is 5.01. The molecule has 35 heavy (non-hydrogen) atoms. The summed E-state index contributed by atoms with van der Waals surface area (Å²) < 4.78 is 33.8. The van der Waals surface area contributed by atoms with Crippen molar-refractivity contribution >= 4 is 38.9 Å². The molecule has 5 rings (SSSR count). The van der Waals surface area contributed by atoms with Crippen LogP contribution in [0.4, 0.5) is 0 Å². The second kappa shape index (κ2) is 9.89. The summed E-state index contributed by atoms with van der Waals surface area (Å²) in [7, 11) is -3.75. The molecule has 1 saturated carbocycles. The van der Waals surface area contributed by atoms with Crippen LogP contribution in [0, 0.1) is 0 Å². The van der Waals surface area contributed by atoms with Crippen LogP contribution >= 0.6 is 23.2 Å². The fourth-order valence-corrected chi connectivity index (χ4v) is 6.51. The van der Waals surface area contributed by atoms with Gasteiger partial charge >= 0.3 is 0 Å². The molecule has 0 unspecified atom stereocenters. The fourth-order valence-electron chi connectivity index (χ4n) is 4.79. The minimum Gasteiger partial charge on any atom is -0.317 e. The van der Waals surface area contributed by atoms with E-state index < -0.39 is 10.0 Å². The predicted molar refractivity (Wildman–Crippen MR) is 136 cm³/mol. The van der Waals surface area contributed by atoms with Crippen LogP contribution in [-0.2, 0) is 22.3 Å². The number of nitrogens with zero attached hydrogens (tertiary/aromatic N) is 5. The third-order valence-corrected chi connectivity index (χ3v) is 8.51. The molecule has 1 fully saturated rings. The number of aromatic nitrogens is 5. The molecule has 0 bridgehead atoms. The van der Waals surface area contributed by atoms with Crippen molar-refractivity contribution in [3.63, 3.8) is 0 Å². The number of benzene rings is 1. The molecular weight excluding hydrogens is 507 g/mol. The van der Waals surface area contributed by atoms with E-state index in [-0.39, 0.29) is 22.9 Å². The van der Waals surface area contributed by atoms with E-state index >= 15 is 0 Å². The molecular formula is C24H26Cl2N6O2S. The zero-order valence-corrected chi connectivity index (χ0v) is 21.6. The number of imidazole rings is 1. The second-order valence-electron chi connectivity index (χ2n) is 8.94. The van der Waals surface area contributed by atoms with Crippen molar-refractivity contribution < 1.29 is 8.42 Å². The van der Waals surface area contributed by atoms with E-state index in [9.17, 15) is 8.42 Å². The van der Waals surface area contributed by atoms with Crippen LogP contribution in [-0.4, -0.2) is 38.6 Å². The molecule has 8 nitrogen and oxygen atoms in total. The van der Waals surface area contributed by atoms with Crippen molar-refractivity contribution in [3.8, 4) is 11.1 Å². The largest absolute Gasteiger partial charge is 0.317 e. The number of nitrogens with one attached hydrogen (secondary N) is 1. The Hall–Kier alpha value is -2.46. The Labute approximate surface area is 214 Å². The van der Waals surface area contributed by atoms with Crippen LogP contribution in [0.15, 0.2) is 54.2 Å². The van der Waals surface area contributed by atoms with Gasteiger partial charge in [0.1, 0.15) is 18.3 Å². The molecule has 0 saturated heterocycles. The molecule has 1 N–H and O–H groups in total. The van der Waals surface area contributed by atoms with E-state index in [4.69, 9.17) is 23.2 Å². The van der Waals surface area contributed by atoms with E-state index in [0.717, 1.165) is 41.6 Å². The number of fused-ring (bicyclic) bond motifs is 1. The number of sulfonamides is 1. The van der Waals surface area contributed by atoms with Crippen LogP contribution in [0.25, 0.3) is 16.8 Å². The summed E-state index contributed by atoms with van der Waals surface area (Å²) in [5.74, 6) is 0.273. The highest BCUT2D eigenvalue weighted by Crippen LogP contribution is 2.32. The molecule has 3 heterocycles. The lowest BCUT2D eigenvalue weighted by atomic mass is 9.91. The third kappa shape index (κ3) is 5.09. The zero-order valence-electron chi connectivity index (χ0n) is 19.2. The molecule has 1 aliphatic rings. The van der Waals surface area contributed by atoms with Crippen molar-refractivity contribution in [1.29, 1.82) is 0 Å². The number of alkyl halides is 1. The summed E-state index contributed by atoms with van der Waals surface area (Å²) in [6.45, 7) is 2.00. The quantitative estimate of drug-likeness (QED) is 0.337. The van der Waals surface area contributed by atoms with Gasteiger partial charge in [0.05, 0.1) is 21.5 Å². The normalized spacial score (nSPS) is 18.8. The van der Waals surface area contributed by atoms with Gasteiger partial charge in [0.25, 0.3) is 0 Å². The minimum atomic E-state index is -3.75. The van der Waals surface area contributed by atoms with Crippen molar-refractivity contribution in [3.05, 3.63) is 65.6 Å². The van der Waals surface area contributed by atoms with E-state index in [1.54, 1.807) is 31.0 Å². The summed E-state index contributed by atoms with van der Waals surface area (Å²) in [6.07, 6.45) is 11.1. The van der Waals surface area contributed by atoms with Gasteiger partial charge in [-0.05, 0) is 61.4 Å². The number of halogens is 2. The van der Waals surface area contributed by atoms with Gasteiger partial charge in [-0.2, -0.15) is 0 Å². The van der Waals surface area contributed by atoms with Gasteiger partial charge in [-0.15, -0.1) is 21.8 Å². The Kier molecular flexibility index (Phi) is 6.85. The van der Waals surface area contributed by atoms with Crippen LogP contribution in [0.2, 0.25) is 5.02 Å². The Morgan fingerprint density at radius 1 is 1.11 bits per heavy atom. The molecule has 0 aliphatic heterocycles. The summed E-state index contributed by atoms with van der Waals surface area (Å²) in [6, 6.07) is 7.26. The van der Waals surface area contributed by atoms with E-state index in [2.05, 4.69) is 19.9 Å². The first-order valence-electron chi connectivity index (χ1n) is 11.6. The third-order valence-electron chi connectivity index (χ3n) is 6.53. The number of rotatable bonds is 7. The maximum Gasteiger partial charge on any atom is 0.240 e. The molecule has 2 atom stereocenters. The van der Waals surface area contributed by atoms with Crippen LogP contribution in [0.5, 0.6) is 0 Å². The highest BCUT2D eigenvalue weighted by molar-refractivity contribution is 7.89. The van der Waals surface area contributed by atoms with E-state index in [1.165, 1.54) is 0 Å². The Bertz CT molecular complexity index is 1450. The van der Waals surface area contributed by atoms with Crippen molar-refractivity contribution in [2.24, 2.45) is 0 Å². The fraction of sp³-hybridized carbons (Fsp3) is 0.375. The first-order valence-corrected chi connectivity index (χ1v) is 14.0. The second-order valence-corrected chi connectivity index (χ2v) is 11.4. The molecule has 1 aliphatic carbocycles. The van der Waals surface area contributed by atoms with E-state index in [0.29, 0.717) is 23.5 Å².